The summed E-state index contributed by atoms with van der Waals surface area (Å²) in [6.45, 7) is 0.714. The maximum absolute atomic E-state index is 10.2. The molecule has 0 spiro atoms. The van der Waals surface area contributed by atoms with E-state index in [0.29, 0.717) is 17.3 Å². The van der Waals surface area contributed by atoms with Crippen LogP contribution in [-0.2, 0) is 0 Å². The number of hydrazone groups is 1. The lowest BCUT2D eigenvalue weighted by Gasteiger charge is -2.05. The maximum Gasteiger partial charge on any atom is 0.330 e. The Morgan fingerprint density at radius 1 is 1.04 bits per heavy atom. The Hall–Kier alpha value is -2.31. The molecule has 3 aromatic carbocycles. The lowest BCUT2D eigenvalue weighted by molar-refractivity contribution is -0.527. The number of rotatable bonds is 3. The fourth-order valence-corrected chi connectivity index (χ4v) is 3.96. The molecule has 1 aliphatic rings. The molecule has 4 nitrogen and oxygen atoms in total. The molecule has 132 valence electrons. The number of aromatic hydroxyl groups is 1. The minimum absolute atomic E-state index is 0. The van der Waals surface area contributed by atoms with Crippen molar-refractivity contribution >= 4 is 33.9 Å². The van der Waals surface area contributed by atoms with Gasteiger partial charge in [-0.15, -0.1) is 4.68 Å². The smallest absolute Gasteiger partial charge is 0.330 e. The number of hydrogen-bond acceptors (Lipinski definition) is 4. The van der Waals surface area contributed by atoms with E-state index >= 15 is 0 Å². The van der Waals surface area contributed by atoms with Crippen LogP contribution in [0, 0.1) is 0 Å². The Bertz CT molecular complexity index is 989. The molecule has 3 N–H and O–H groups in total. The monoisotopic (exact) mass is 427 g/mol. The molecule has 0 aliphatic carbocycles. The number of amidine groups is 1. The normalized spacial score (nSPS) is 17.0. The number of thioether (sulfide) groups is 1. The maximum atomic E-state index is 10.2. The van der Waals surface area contributed by atoms with Crippen molar-refractivity contribution in [2.45, 2.75) is 5.25 Å². The molecule has 0 saturated carbocycles. The minimum Gasteiger partial charge on any atom is -1.00 e. The van der Waals surface area contributed by atoms with E-state index in [9.17, 15) is 5.11 Å². The quantitative estimate of drug-likeness (QED) is 0.477. The van der Waals surface area contributed by atoms with Gasteiger partial charge in [0.25, 0.3) is 0 Å². The molecule has 0 saturated heterocycles. The lowest BCUT2D eigenvalue weighted by Crippen LogP contribution is -3.00. The first-order chi connectivity index (χ1) is 12.2. The van der Waals surface area contributed by atoms with Crippen LogP contribution in [0.5, 0.6) is 5.75 Å². The van der Waals surface area contributed by atoms with Crippen molar-refractivity contribution in [1.29, 1.82) is 0 Å². The first-order valence-corrected chi connectivity index (χ1v) is 8.96. The fourth-order valence-electron chi connectivity index (χ4n) is 2.92. The first kappa shape index (κ1) is 18.5. The Kier molecular flexibility index (Phi) is 5.64. The molecule has 0 radical (unpaired) electrons. The van der Waals surface area contributed by atoms with Gasteiger partial charge in [0.2, 0.25) is 0 Å². The third-order valence-corrected chi connectivity index (χ3v) is 5.42. The van der Waals surface area contributed by atoms with E-state index < -0.39 is 0 Å². The van der Waals surface area contributed by atoms with Gasteiger partial charge >= 0.3 is 5.17 Å². The molecule has 0 fully saturated rings. The van der Waals surface area contributed by atoms with Crippen molar-refractivity contribution in [2.24, 2.45) is 10.8 Å². The van der Waals surface area contributed by atoms with Crippen molar-refractivity contribution in [3.63, 3.8) is 0 Å². The second-order valence-electron chi connectivity index (χ2n) is 5.94. The number of fused-ring (bicyclic) bond motifs is 1. The molecule has 0 aromatic heterocycles. The van der Waals surface area contributed by atoms with Gasteiger partial charge in [0.05, 0.1) is 11.5 Å². The van der Waals surface area contributed by atoms with Gasteiger partial charge in [0, 0.05) is 5.56 Å². The molecule has 6 heteroatoms. The van der Waals surface area contributed by atoms with Crippen LogP contribution >= 0.6 is 11.8 Å². The molecule has 1 aliphatic heterocycles. The van der Waals surface area contributed by atoms with Crippen molar-refractivity contribution in [3.8, 4) is 5.75 Å². The highest BCUT2D eigenvalue weighted by Crippen LogP contribution is 2.33. The number of hydrogen-bond donors (Lipinski definition) is 2. The highest BCUT2D eigenvalue weighted by molar-refractivity contribution is 8.13. The topological polar surface area (TPSA) is 61.6 Å². The van der Waals surface area contributed by atoms with E-state index in [1.54, 1.807) is 28.7 Å². The molecule has 26 heavy (non-hydrogen) atoms. The van der Waals surface area contributed by atoms with Gasteiger partial charge in [0.1, 0.15) is 12.3 Å². The summed E-state index contributed by atoms with van der Waals surface area (Å²) in [6.07, 6.45) is 1.67. The summed E-state index contributed by atoms with van der Waals surface area (Å²) in [5.74, 6) is 0.215. The van der Waals surface area contributed by atoms with Crippen LogP contribution in [0.1, 0.15) is 16.4 Å². The Labute approximate surface area is 166 Å². The van der Waals surface area contributed by atoms with Crippen molar-refractivity contribution < 1.29 is 26.8 Å². The summed E-state index contributed by atoms with van der Waals surface area (Å²) < 4.78 is 1.79. The van der Waals surface area contributed by atoms with Crippen LogP contribution in [0.25, 0.3) is 10.8 Å². The average Bonchev–Trinajstić information content (AvgIpc) is 3.01. The van der Waals surface area contributed by atoms with Crippen molar-refractivity contribution in [1.82, 2.24) is 0 Å². The summed E-state index contributed by atoms with van der Waals surface area (Å²) in [5.41, 5.74) is 8.05. The summed E-state index contributed by atoms with van der Waals surface area (Å²) in [6, 6.07) is 21.9. The number of benzene rings is 3. The second-order valence-corrected chi connectivity index (χ2v) is 7.16. The number of halogens is 1. The first-order valence-electron chi connectivity index (χ1n) is 8.08. The molecule has 0 bridgehead atoms. The number of phenolic OH excluding ortho intramolecular Hbond substituents is 1. The summed E-state index contributed by atoms with van der Waals surface area (Å²) >= 11 is 1.61. The number of phenols is 1. The van der Waals surface area contributed by atoms with Crippen LogP contribution in [0.15, 0.2) is 71.8 Å². The van der Waals surface area contributed by atoms with Gasteiger partial charge in [-0.25, -0.2) is 0 Å². The highest BCUT2D eigenvalue weighted by atomic mass is 79.9. The van der Waals surface area contributed by atoms with Crippen LogP contribution in [0.3, 0.4) is 0 Å². The highest BCUT2D eigenvalue weighted by Gasteiger charge is 2.29. The SMILES string of the molecule is NC1=[N+](N=Cc2cc3ccccc3cc2O)CC(c2ccccc2)S1.[Br-]. The predicted octanol–water partition coefficient (Wildman–Crippen LogP) is 0.699. The van der Waals surface area contributed by atoms with Gasteiger partial charge in [0.15, 0.2) is 0 Å². The molecule has 4 rings (SSSR count). The Morgan fingerprint density at radius 2 is 1.69 bits per heavy atom. The third-order valence-electron chi connectivity index (χ3n) is 4.26. The largest absolute Gasteiger partial charge is 1.00 e. The van der Waals surface area contributed by atoms with E-state index in [-0.39, 0.29) is 28.0 Å². The lowest BCUT2D eigenvalue weighted by atomic mass is 10.1. The Morgan fingerprint density at radius 3 is 2.42 bits per heavy atom. The molecular formula is C20H18BrN3OS. The zero-order chi connectivity index (χ0) is 17.2. The van der Waals surface area contributed by atoms with E-state index in [4.69, 9.17) is 5.73 Å². The van der Waals surface area contributed by atoms with Gasteiger partial charge < -0.3 is 22.1 Å². The predicted molar refractivity (Wildman–Crippen MR) is 104 cm³/mol. The number of nitrogens with zero attached hydrogens (tertiary/aromatic N) is 2. The molecule has 1 unspecified atom stereocenters. The summed E-state index contributed by atoms with van der Waals surface area (Å²) in [7, 11) is 0. The van der Waals surface area contributed by atoms with Gasteiger partial charge in [-0.2, -0.15) is 0 Å². The van der Waals surface area contributed by atoms with Crippen molar-refractivity contribution in [2.75, 3.05) is 6.54 Å². The van der Waals surface area contributed by atoms with Crippen LogP contribution in [0.4, 0.5) is 0 Å². The van der Waals surface area contributed by atoms with E-state index in [1.807, 2.05) is 48.5 Å². The van der Waals surface area contributed by atoms with Crippen molar-refractivity contribution in [3.05, 3.63) is 77.9 Å². The molecular weight excluding hydrogens is 410 g/mol. The molecule has 1 heterocycles. The summed E-state index contributed by atoms with van der Waals surface area (Å²) in [4.78, 5) is 0. The molecule has 0 amide bonds. The van der Waals surface area contributed by atoms with E-state index in [1.165, 1.54) is 5.56 Å². The third kappa shape index (κ3) is 3.76. The second kappa shape index (κ2) is 7.93. The zero-order valence-electron chi connectivity index (χ0n) is 13.9. The molecule has 1 atom stereocenters. The van der Waals surface area contributed by atoms with E-state index in [2.05, 4.69) is 17.2 Å². The van der Waals surface area contributed by atoms with Gasteiger partial charge in [-0.3, -0.25) is 5.73 Å². The van der Waals surface area contributed by atoms with E-state index in [0.717, 1.165) is 10.8 Å². The van der Waals surface area contributed by atoms with Gasteiger partial charge in [-0.05, 0) is 40.2 Å². The zero-order valence-corrected chi connectivity index (χ0v) is 16.3. The Balaban J connectivity index is 0.00000196. The number of nitrogens with two attached hydrogens (primary N) is 1. The standard InChI is InChI=1S/C20H17N3OS.BrH/c21-20-23(13-19(25-20)14-6-2-1-3-7-14)22-12-17-10-15-8-4-5-9-16(15)11-18(17)24;/h1-12,19,21H,13H2,(H,22,24);1H. The van der Waals surface area contributed by atoms with Crippen LogP contribution in [0.2, 0.25) is 0 Å². The van der Waals surface area contributed by atoms with Crippen LogP contribution in [-0.4, -0.2) is 27.7 Å². The minimum atomic E-state index is 0. The average molecular weight is 428 g/mol. The fraction of sp³-hybridized carbons (Fsp3) is 0.100. The van der Waals surface area contributed by atoms with Gasteiger partial charge in [-0.1, -0.05) is 59.7 Å². The van der Waals surface area contributed by atoms with Crippen LogP contribution < -0.4 is 22.7 Å². The summed E-state index contributed by atoms with van der Waals surface area (Å²) in [5, 5.41) is 17.7. The molecule has 3 aromatic rings.